The Labute approximate surface area is 615 Å². The van der Waals surface area contributed by atoms with Crippen molar-refractivity contribution >= 4 is 0 Å². The molecule has 32 aliphatic heterocycles. The van der Waals surface area contributed by atoms with Gasteiger partial charge < -0.3 is 243 Å². The first kappa shape index (κ1) is 87.9. The molecule has 16 bridgehead atoms. The molecule has 32 aliphatic rings. The fourth-order valence-corrected chi connectivity index (χ4v) is 14.7. The number of rotatable bonds is 13. The lowest BCUT2D eigenvalue weighted by Gasteiger charge is -2.50. The van der Waals surface area contributed by atoms with Crippen molar-refractivity contribution in [1.29, 1.82) is 0 Å². The van der Waals surface area contributed by atoms with Crippen LogP contribution in [0.5, 0.6) is 0 Å². The number of hydrogen-bond donors (Lipinski definition) is 29. The normalized spacial score (nSPS) is 55.5. The molecule has 32 fully saturated rings. The van der Waals surface area contributed by atoms with E-state index in [4.69, 9.17) is 94.7 Å². The van der Waals surface area contributed by atoms with Gasteiger partial charge in [-0.25, -0.2) is 0 Å². The highest BCUT2D eigenvalue weighted by molar-refractivity contribution is 5.04. The van der Waals surface area contributed by atoms with Gasteiger partial charge in [0.25, 0.3) is 0 Å². The summed E-state index contributed by atoms with van der Waals surface area (Å²) in [6, 6.07) is 0. The minimum Gasteiger partial charge on any atom is -0.394 e. The lowest BCUT2D eigenvalue weighted by Crippen LogP contribution is -2.69. The van der Waals surface area contributed by atoms with Crippen molar-refractivity contribution in [3.8, 4) is 0 Å². The molecular formula is C60H100O49. The maximum absolute atomic E-state index is 12.1. The van der Waals surface area contributed by atoms with Crippen LogP contribution in [-0.2, 0) is 94.7 Å². The largest absolute Gasteiger partial charge is 0.394 e. The van der Waals surface area contributed by atoms with Crippen LogP contribution in [0, 0.1) is 0 Å². The minimum atomic E-state index is -2.44. The molecule has 50 atom stereocenters. The molecule has 0 amide bonds. The number of hydrogen-bond acceptors (Lipinski definition) is 49. The zero-order valence-corrected chi connectivity index (χ0v) is 57.4. The summed E-state index contributed by atoms with van der Waals surface area (Å²) in [5.41, 5.74) is 0. The van der Waals surface area contributed by atoms with Gasteiger partial charge in [0.15, 0.2) is 62.9 Å². The Balaban J connectivity index is 0.865. The van der Waals surface area contributed by atoms with Gasteiger partial charge in [-0.3, -0.25) is 0 Å². The van der Waals surface area contributed by atoms with Crippen LogP contribution in [0.25, 0.3) is 0 Å². The van der Waals surface area contributed by atoms with Gasteiger partial charge in [0.1, 0.15) is 238 Å². The van der Waals surface area contributed by atoms with Crippen LogP contribution in [-0.4, -0.2) is 515 Å². The van der Waals surface area contributed by atoms with Gasteiger partial charge in [-0.1, -0.05) is 0 Å². The molecule has 32 rings (SSSR count). The quantitative estimate of drug-likeness (QED) is 0.0814. The van der Waals surface area contributed by atoms with Crippen LogP contribution < -0.4 is 0 Å². The van der Waals surface area contributed by atoms with E-state index in [1.807, 2.05) is 0 Å². The topological polar surface area (TPSA) is 771 Å². The van der Waals surface area contributed by atoms with E-state index in [1.165, 1.54) is 6.92 Å². The van der Waals surface area contributed by atoms with Crippen molar-refractivity contribution in [2.75, 3.05) is 59.5 Å². The predicted molar refractivity (Wildman–Crippen MR) is 325 cm³/mol. The maximum atomic E-state index is 12.1. The van der Waals surface area contributed by atoms with Gasteiger partial charge in [0.05, 0.1) is 65.6 Å². The summed E-state index contributed by atoms with van der Waals surface area (Å²) in [5, 5.41) is 324. The summed E-state index contributed by atoms with van der Waals surface area (Å²) in [6.07, 6.45) is -104. The van der Waals surface area contributed by atoms with E-state index in [1.54, 1.807) is 0 Å². The molecule has 0 aliphatic carbocycles. The molecule has 0 spiro atoms. The highest BCUT2D eigenvalue weighted by Gasteiger charge is 2.62. The molecule has 0 unspecified atom stereocenters. The Bertz CT molecular complexity index is 2770. The Morgan fingerprint density at radius 3 is 0.706 bits per heavy atom. The fourth-order valence-electron chi connectivity index (χ4n) is 14.7. The Morgan fingerprint density at radius 1 is 0.193 bits per heavy atom. The summed E-state index contributed by atoms with van der Waals surface area (Å²) in [4.78, 5) is 0. The van der Waals surface area contributed by atoms with Crippen molar-refractivity contribution in [1.82, 2.24) is 0 Å². The Hall–Kier alpha value is -1.96. The van der Waals surface area contributed by atoms with Crippen LogP contribution in [0.1, 0.15) is 6.92 Å². The third-order valence-corrected chi connectivity index (χ3v) is 21.1. The second-order valence-electron chi connectivity index (χ2n) is 28.1. The first-order valence-electron chi connectivity index (χ1n) is 35.0. The zero-order chi connectivity index (χ0) is 79.4. The number of aliphatic hydroxyl groups excluding tert-OH is 29. The van der Waals surface area contributed by atoms with E-state index in [2.05, 4.69) is 0 Å². The molecular weight excluding hydrogens is 1500 g/mol. The van der Waals surface area contributed by atoms with E-state index in [0.29, 0.717) is 0 Å². The van der Waals surface area contributed by atoms with Crippen molar-refractivity contribution in [2.24, 2.45) is 0 Å². The van der Waals surface area contributed by atoms with Crippen LogP contribution in [0.4, 0.5) is 0 Å². The number of aliphatic hydroxyl groups is 29. The third-order valence-electron chi connectivity index (χ3n) is 21.1. The van der Waals surface area contributed by atoms with E-state index in [9.17, 15) is 148 Å². The molecule has 32 heterocycles. The van der Waals surface area contributed by atoms with E-state index in [0.717, 1.165) is 0 Å². The van der Waals surface area contributed by atoms with Crippen LogP contribution in [0.2, 0.25) is 0 Å². The van der Waals surface area contributed by atoms with E-state index >= 15 is 0 Å². The molecule has 0 aromatic rings. The van der Waals surface area contributed by atoms with Crippen molar-refractivity contribution in [3.05, 3.63) is 0 Å². The third kappa shape index (κ3) is 17.6. The molecule has 49 heteroatoms. The van der Waals surface area contributed by atoms with Crippen molar-refractivity contribution in [3.63, 3.8) is 0 Å². The van der Waals surface area contributed by atoms with E-state index in [-0.39, 0.29) is 0 Å². The lowest BCUT2D eigenvalue weighted by atomic mass is 9.95. The van der Waals surface area contributed by atoms with Gasteiger partial charge >= 0.3 is 0 Å². The summed E-state index contributed by atoms with van der Waals surface area (Å²) < 4.78 is 115. The average Bonchev–Trinajstić information content (AvgIpc) is 0.773. The predicted octanol–water partition coefficient (Wildman–Crippen LogP) is -20.7. The summed E-state index contributed by atoms with van der Waals surface area (Å²) in [7, 11) is 0. The van der Waals surface area contributed by atoms with Gasteiger partial charge in [0, 0.05) is 0 Å². The zero-order valence-electron chi connectivity index (χ0n) is 57.4. The second-order valence-corrected chi connectivity index (χ2v) is 28.1. The molecule has 49 nitrogen and oxygen atoms in total. The van der Waals surface area contributed by atoms with Crippen LogP contribution in [0.15, 0.2) is 0 Å². The fraction of sp³-hybridized carbons (Fsp3) is 1.00. The number of ether oxygens (including phenoxy) is 20. The van der Waals surface area contributed by atoms with Crippen molar-refractivity contribution in [2.45, 2.75) is 314 Å². The van der Waals surface area contributed by atoms with Gasteiger partial charge in [0.2, 0.25) is 0 Å². The molecule has 0 aromatic heterocycles. The Morgan fingerprint density at radius 2 is 0.422 bits per heavy atom. The molecule has 29 N–H and O–H groups in total. The Kier molecular flexibility index (Phi) is 30.1. The molecule has 32 saturated heterocycles. The van der Waals surface area contributed by atoms with Gasteiger partial charge in [-0.05, 0) is 6.92 Å². The molecule has 109 heavy (non-hydrogen) atoms. The molecule has 0 radical (unpaired) electrons. The van der Waals surface area contributed by atoms with Gasteiger partial charge in [-0.15, -0.1) is 0 Å². The van der Waals surface area contributed by atoms with Crippen LogP contribution >= 0.6 is 0 Å². The highest BCUT2D eigenvalue weighted by atomic mass is 16.8. The monoisotopic (exact) mass is 1600 g/mol. The van der Waals surface area contributed by atoms with Gasteiger partial charge in [-0.2, -0.15) is 0 Å². The first-order chi connectivity index (χ1) is 51.8. The smallest absolute Gasteiger partial charge is 0.187 e. The molecule has 0 saturated carbocycles. The van der Waals surface area contributed by atoms with Crippen molar-refractivity contribution < 1.29 is 243 Å². The maximum Gasteiger partial charge on any atom is 0.187 e. The SMILES string of the molecule is C[C@H]1O[C@@H]2O[C@H]3[C@H](O)[C@@H](O)[C@@H](O[C@H]4[C@H](O)[C@@H](O)[C@@H](O[C@H]5[C@H](O)[C@@H](O)[C@@H](O[C@H]6[C@H](O)[C@@H](O)[C@@H](O[C@H]7[C@H](O)[C@@H](O)[C@@H](O[C@H]8[C@H](O)[C@@H](O)[C@@H](O[C@H]9[C@H](O)[C@@H](O)[C@@H](O[C@H]1[C@H](O)[C@H]2O)O[C@@H]9CO)O[C@@H]8CO[C@H]1O[C@H](CO)[C@@H](O[C@H]2O[C@H](CO)[C@@H](O)[C@H](O)[C@H]2O)[C@H](O)[C@H]1O)O[C@@H]7CO)O[C@@H]6CO)O[C@@H]5CO)O[C@@H]4CO)O[C@@H]3CO. The second kappa shape index (κ2) is 37.3. The minimum absolute atomic E-state index is 0.915. The molecule has 0 aromatic carbocycles. The highest BCUT2D eigenvalue weighted by Crippen LogP contribution is 2.41. The summed E-state index contributed by atoms with van der Waals surface area (Å²) in [5.74, 6) is 0. The summed E-state index contributed by atoms with van der Waals surface area (Å²) in [6.45, 7) is -8.69. The standard InChI is InChI=1S/C60H100O49/c1-11-42-23(71)34(82)52(91-11)102-44-14(4-63)95-55(36(84)26(44)74)104-45-16(6-65)96-56(37(85)27(45)75)105-46-17(7-66)97-57(38(86)28(46)76)106-47-18(8-67)98-58(39(87)29(47)77)107-48-19(9-68)99-59(40(88)30(48)78)109-50-20(100-60(41(89)31(50)79)108-49-15(5-64)94-54(101-42)35(83)25(49)73)10-90-51-33(81)24(72)43(13(3-62)93-51)103-53-32(80)22(70)21(69)12(2-61)92-53/h11-89H,2-10H2,1H3/t11-,12-,13-,14-,15-,16-,17-,18-,19-,20-,21-,22+,23-,24-,25-,26-,27-,28-,29-,30-,31-,32-,33-,34-,35-,36-,37-,38-,39-,40-,41-,42-,43-,44-,45-,46-,47-,48-,49-,50-,51+,52-,53-,54-,55-,56-,57-,58-,59-,60-/m1/s1. The molecule has 634 valence electrons. The van der Waals surface area contributed by atoms with Crippen LogP contribution in [0.3, 0.4) is 0 Å². The summed E-state index contributed by atoms with van der Waals surface area (Å²) >= 11 is 0. The average molecular weight is 1610 g/mol. The lowest BCUT2D eigenvalue weighted by molar-refractivity contribution is -0.404. The first-order valence-corrected chi connectivity index (χ1v) is 35.0. The van der Waals surface area contributed by atoms with E-state index < -0.39 is 367 Å².